The topological polar surface area (TPSA) is 64.6 Å². The minimum Gasteiger partial charge on any atom is -0.493 e. The van der Waals surface area contributed by atoms with Gasteiger partial charge in [-0.3, -0.25) is 9.59 Å². The molecule has 0 aliphatic heterocycles. The number of carbonyl (C=O) groups is 2. The molecule has 0 atom stereocenters. The average molecular weight is 395 g/mol. The predicted molar refractivity (Wildman–Crippen MR) is 117 cm³/mol. The molecule has 0 aliphatic rings. The van der Waals surface area contributed by atoms with Gasteiger partial charge in [-0.1, -0.05) is 32.3 Å². The van der Waals surface area contributed by atoms with Crippen molar-refractivity contribution in [3.8, 4) is 11.5 Å². The molecule has 0 fully saturated rings. The van der Waals surface area contributed by atoms with Crippen LogP contribution in [0.5, 0.6) is 11.5 Å². The molecule has 2 rings (SSSR count). The molecule has 5 nitrogen and oxygen atoms in total. The van der Waals surface area contributed by atoms with E-state index in [0.717, 1.165) is 18.4 Å². The minimum atomic E-state index is -0.254. The number of hydrogen-bond acceptors (Lipinski definition) is 4. The Labute approximate surface area is 172 Å². The molecule has 2 aromatic rings. The SMILES string of the molecule is CCCCCCOc1ccc(/C=C/C(=O)Nc2ccc(C(C)=O)cc2)cc1OC. The van der Waals surface area contributed by atoms with E-state index in [1.165, 1.54) is 25.8 Å². The first-order chi connectivity index (χ1) is 14.0. The molecule has 0 spiro atoms. The molecule has 0 aliphatic carbocycles. The van der Waals surface area contributed by atoms with Crippen molar-refractivity contribution in [2.45, 2.75) is 39.5 Å². The summed E-state index contributed by atoms with van der Waals surface area (Å²) in [6, 6.07) is 12.4. The molecular weight excluding hydrogens is 366 g/mol. The molecule has 154 valence electrons. The van der Waals surface area contributed by atoms with Crippen LogP contribution in [0.2, 0.25) is 0 Å². The van der Waals surface area contributed by atoms with Crippen LogP contribution in [0.4, 0.5) is 5.69 Å². The Kier molecular flexibility index (Phi) is 8.96. The summed E-state index contributed by atoms with van der Waals surface area (Å²) >= 11 is 0. The van der Waals surface area contributed by atoms with Gasteiger partial charge in [0, 0.05) is 17.3 Å². The van der Waals surface area contributed by atoms with E-state index in [0.29, 0.717) is 29.4 Å². The number of carbonyl (C=O) groups excluding carboxylic acids is 2. The summed E-state index contributed by atoms with van der Waals surface area (Å²) in [5.41, 5.74) is 2.08. The van der Waals surface area contributed by atoms with Crippen LogP contribution in [0.15, 0.2) is 48.5 Å². The van der Waals surface area contributed by atoms with Gasteiger partial charge in [0.1, 0.15) is 0 Å². The maximum absolute atomic E-state index is 12.1. The molecule has 0 saturated carbocycles. The lowest BCUT2D eigenvalue weighted by atomic mass is 10.1. The van der Waals surface area contributed by atoms with E-state index in [-0.39, 0.29) is 11.7 Å². The van der Waals surface area contributed by atoms with Crippen LogP contribution in [0.25, 0.3) is 6.08 Å². The summed E-state index contributed by atoms with van der Waals surface area (Å²) in [5.74, 6) is 1.08. The molecule has 0 saturated heterocycles. The molecule has 5 heteroatoms. The van der Waals surface area contributed by atoms with Crippen LogP contribution in [0, 0.1) is 0 Å². The van der Waals surface area contributed by atoms with Gasteiger partial charge in [0.2, 0.25) is 5.91 Å². The van der Waals surface area contributed by atoms with Crippen LogP contribution in [-0.4, -0.2) is 25.4 Å². The lowest BCUT2D eigenvalue weighted by molar-refractivity contribution is -0.111. The second-order valence-corrected chi connectivity index (χ2v) is 6.78. The van der Waals surface area contributed by atoms with Crippen LogP contribution in [0.1, 0.15) is 55.5 Å². The fourth-order valence-electron chi connectivity index (χ4n) is 2.76. The van der Waals surface area contributed by atoms with Gasteiger partial charge in [-0.25, -0.2) is 0 Å². The van der Waals surface area contributed by atoms with Crippen molar-refractivity contribution in [1.82, 2.24) is 0 Å². The lowest BCUT2D eigenvalue weighted by Crippen LogP contribution is -2.07. The Hall–Kier alpha value is -3.08. The highest BCUT2D eigenvalue weighted by Crippen LogP contribution is 2.28. The Bertz CT molecular complexity index is 840. The van der Waals surface area contributed by atoms with Crippen molar-refractivity contribution >= 4 is 23.5 Å². The number of hydrogen-bond donors (Lipinski definition) is 1. The monoisotopic (exact) mass is 395 g/mol. The quantitative estimate of drug-likeness (QED) is 0.310. The maximum atomic E-state index is 12.1. The number of ketones is 1. The van der Waals surface area contributed by atoms with Gasteiger partial charge in [-0.15, -0.1) is 0 Å². The van der Waals surface area contributed by atoms with Gasteiger partial charge in [0.05, 0.1) is 13.7 Å². The minimum absolute atomic E-state index is 0.00916. The van der Waals surface area contributed by atoms with Gasteiger partial charge < -0.3 is 14.8 Å². The van der Waals surface area contributed by atoms with Gasteiger partial charge in [0.25, 0.3) is 0 Å². The second-order valence-electron chi connectivity index (χ2n) is 6.78. The van der Waals surface area contributed by atoms with Gasteiger partial charge in [-0.2, -0.15) is 0 Å². The summed E-state index contributed by atoms with van der Waals surface area (Å²) in [6.45, 7) is 4.35. The van der Waals surface area contributed by atoms with E-state index in [1.807, 2.05) is 18.2 Å². The molecule has 0 unspecified atom stereocenters. The zero-order valence-electron chi connectivity index (χ0n) is 17.4. The largest absolute Gasteiger partial charge is 0.493 e. The Morgan fingerprint density at radius 1 is 1.00 bits per heavy atom. The van der Waals surface area contributed by atoms with Crippen molar-refractivity contribution in [3.05, 3.63) is 59.7 Å². The number of Topliss-reactive ketones (excluding diaryl/α,β-unsaturated/α-hetero) is 1. The number of nitrogens with one attached hydrogen (secondary N) is 1. The molecule has 1 N–H and O–H groups in total. The highest BCUT2D eigenvalue weighted by atomic mass is 16.5. The average Bonchev–Trinajstić information content (AvgIpc) is 2.73. The first-order valence-corrected chi connectivity index (χ1v) is 9.94. The molecule has 0 aromatic heterocycles. The molecule has 0 heterocycles. The summed E-state index contributed by atoms with van der Waals surface area (Å²) in [6.07, 6.45) is 7.76. The molecule has 0 radical (unpaired) electrons. The summed E-state index contributed by atoms with van der Waals surface area (Å²) < 4.78 is 11.2. The van der Waals surface area contributed by atoms with Gasteiger partial charge >= 0.3 is 0 Å². The Morgan fingerprint density at radius 3 is 2.41 bits per heavy atom. The highest BCUT2D eigenvalue weighted by molar-refractivity contribution is 6.02. The van der Waals surface area contributed by atoms with E-state index in [9.17, 15) is 9.59 Å². The van der Waals surface area contributed by atoms with Crippen molar-refractivity contribution in [1.29, 1.82) is 0 Å². The third kappa shape index (κ3) is 7.45. The van der Waals surface area contributed by atoms with Crippen LogP contribution < -0.4 is 14.8 Å². The third-order valence-corrected chi connectivity index (χ3v) is 4.43. The zero-order chi connectivity index (χ0) is 21.1. The number of ether oxygens (including phenoxy) is 2. The molecule has 29 heavy (non-hydrogen) atoms. The highest BCUT2D eigenvalue weighted by Gasteiger charge is 2.06. The second kappa shape index (κ2) is 11.7. The standard InChI is InChI=1S/C24H29NO4/c1-4-5-6-7-16-29-22-14-8-19(17-23(22)28-3)9-15-24(27)25-21-12-10-20(11-13-21)18(2)26/h8-15,17H,4-7,16H2,1-3H3,(H,25,27)/b15-9+. The number of anilines is 1. The van der Waals surface area contributed by atoms with E-state index >= 15 is 0 Å². The smallest absolute Gasteiger partial charge is 0.248 e. The molecular formula is C24H29NO4. The Morgan fingerprint density at radius 2 is 1.76 bits per heavy atom. The zero-order valence-corrected chi connectivity index (χ0v) is 17.4. The maximum Gasteiger partial charge on any atom is 0.248 e. The third-order valence-electron chi connectivity index (χ3n) is 4.43. The van der Waals surface area contributed by atoms with E-state index in [2.05, 4.69) is 12.2 Å². The first-order valence-electron chi connectivity index (χ1n) is 9.94. The first kappa shape index (κ1) is 22.2. The summed E-state index contributed by atoms with van der Waals surface area (Å²) in [5, 5.41) is 2.77. The Balaban J connectivity index is 1.93. The normalized spacial score (nSPS) is 10.7. The van der Waals surface area contributed by atoms with E-state index in [1.54, 1.807) is 37.5 Å². The fourth-order valence-corrected chi connectivity index (χ4v) is 2.76. The number of amides is 1. The number of benzene rings is 2. The fraction of sp³-hybridized carbons (Fsp3) is 0.333. The molecule has 1 amide bonds. The lowest BCUT2D eigenvalue weighted by Gasteiger charge is -2.11. The van der Waals surface area contributed by atoms with Gasteiger partial charge in [0.15, 0.2) is 17.3 Å². The van der Waals surface area contributed by atoms with Crippen LogP contribution >= 0.6 is 0 Å². The van der Waals surface area contributed by atoms with E-state index in [4.69, 9.17) is 9.47 Å². The van der Waals surface area contributed by atoms with Crippen molar-refractivity contribution in [2.75, 3.05) is 19.0 Å². The molecule has 0 bridgehead atoms. The summed E-state index contributed by atoms with van der Waals surface area (Å²) in [7, 11) is 1.60. The number of unbranched alkanes of at least 4 members (excludes halogenated alkanes) is 3. The van der Waals surface area contributed by atoms with Crippen molar-refractivity contribution in [2.24, 2.45) is 0 Å². The summed E-state index contributed by atoms with van der Waals surface area (Å²) in [4.78, 5) is 23.4. The molecule has 2 aromatic carbocycles. The van der Waals surface area contributed by atoms with Gasteiger partial charge in [-0.05, 0) is 61.4 Å². The van der Waals surface area contributed by atoms with Crippen LogP contribution in [-0.2, 0) is 4.79 Å². The number of rotatable bonds is 11. The van der Waals surface area contributed by atoms with E-state index < -0.39 is 0 Å². The van der Waals surface area contributed by atoms with Crippen molar-refractivity contribution < 1.29 is 19.1 Å². The predicted octanol–water partition coefficient (Wildman–Crippen LogP) is 5.51. The van der Waals surface area contributed by atoms with Crippen LogP contribution in [0.3, 0.4) is 0 Å². The number of methoxy groups -OCH3 is 1. The van der Waals surface area contributed by atoms with Crippen molar-refractivity contribution in [3.63, 3.8) is 0 Å².